The van der Waals surface area contributed by atoms with Gasteiger partial charge in [0, 0.05) is 24.5 Å². The molecule has 1 amide bonds. The Kier molecular flexibility index (Phi) is 9.13. The van der Waals surface area contributed by atoms with Crippen molar-refractivity contribution in [3.8, 4) is 0 Å². The smallest absolute Gasteiger partial charge is 0.222 e. The minimum Gasteiger partial charge on any atom is -0.375 e. The fourth-order valence-corrected chi connectivity index (χ4v) is 2.85. The lowest BCUT2D eigenvalue weighted by atomic mass is 9.83. The molecule has 22 heavy (non-hydrogen) atoms. The first-order chi connectivity index (χ1) is 9.89. The first-order valence-corrected chi connectivity index (χ1v) is 9.23. The standard InChI is InChI=1S/C17H32INO3/c1-12(2)15(21)19-10-8-17(6,7)22-11-9-16(4,5)14(20)13(3)18/h12-13H,8-11H2,1-7H3,(H,19,21). The van der Waals surface area contributed by atoms with E-state index in [1.54, 1.807) is 0 Å². The largest absolute Gasteiger partial charge is 0.375 e. The Morgan fingerprint density at radius 2 is 1.64 bits per heavy atom. The van der Waals surface area contributed by atoms with Crippen LogP contribution in [0.15, 0.2) is 0 Å². The minimum atomic E-state index is -0.359. The third kappa shape index (κ3) is 8.46. The third-order valence-corrected chi connectivity index (χ3v) is 4.36. The Morgan fingerprint density at radius 3 is 2.09 bits per heavy atom. The van der Waals surface area contributed by atoms with Crippen molar-refractivity contribution in [3.05, 3.63) is 0 Å². The van der Waals surface area contributed by atoms with Crippen LogP contribution in [0.1, 0.15) is 61.3 Å². The summed E-state index contributed by atoms with van der Waals surface area (Å²) >= 11 is 2.16. The van der Waals surface area contributed by atoms with Gasteiger partial charge in [0.1, 0.15) is 0 Å². The van der Waals surface area contributed by atoms with Gasteiger partial charge in [-0.05, 0) is 33.6 Å². The molecule has 0 radical (unpaired) electrons. The van der Waals surface area contributed by atoms with Crippen LogP contribution >= 0.6 is 22.6 Å². The number of carbonyl (C=O) groups is 2. The van der Waals surface area contributed by atoms with E-state index < -0.39 is 0 Å². The molecule has 4 nitrogen and oxygen atoms in total. The number of Topliss-reactive ketones (excluding diaryl/α,β-unsaturated/α-hetero) is 1. The molecule has 0 aromatic heterocycles. The molecule has 0 aliphatic carbocycles. The maximum atomic E-state index is 12.1. The zero-order chi connectivity index (χ0) is 17.6. The van der Waals surface area contributed by atoms with Crippen molar-refractivity contribution in [2.24, 2.45) is 11.3 Å². The van der Waals surface area contributed by atoms with Crippen LogP contribution in [0, 0.1) is 11.3 Å². The van der Waals surface area contributed by atoms with Crippen molar-refractivity contribution in [2.75, 3.05) is 13.2 Å². The summed E-state index contributed by atoms with van der Waals surface area (Å²) in [6, 6.07) is 0. The van der Waals surface area contributed by atoms with E-state index in [1.165, 1.54) is 0 Å². The molecular weight excluding hydrogens is 393 g/mol. The molecule has 1 N–H and O–H groups in total. The average molecular weight is 425 g/mol. The van der Waals surface area contributed by atoms with E-state index in [0.29, 0.717) is 19.6 Å². The molecule has 0 bridgehead atoms. The highest BCUT2D eigenvalue weighted by Crippen LogP contribution is 2.27. The number of amides is 1. The van der Waals surface area contributed by atoms with Gasteiger partial charge in [0.2, 0.25) is 5.91 Å². The Hall–Kier alpha value is -0.170. The molecule has 0 aromatic rings. The van der Waals surface area contributed by atoms with E-state index in [9.17, 15) is 9.59 Å². The molecule has 0 aliphatic rings. The van der Waals surface area contributed by atoms with Crippen molar-refractivity contribution in [3.63, 3.8) is 0 Å². The fourth-order valence-electron chi connectivity index (χ4n) is 2.01. The number of carbonyl (C=O) groups excluding carboxylic acids is 2. The van der Waals surface area contributed by atoms with Crippen LogP contribution in [-0.2, 0) is 14.3 Å². The summed E-state index contributed by atoms with van der Waals surface area (Å²) in [4.78, 5) is 23.6. The van der Waals surface area contributed by atoms with Gasteiger partial charge in [-0.15, -0.1) is 0 Å². The lowest BCUT2D eigenvalue weighted by Crippen LogP contribution is -2.36. The molecule has 0 heterocycles. The van der Waals surface area contributed by atoms with Crippen LogP contribution in [0.25, 0.3) is 0 Å². The molecule has 1 unspecified atom stereocenters. The van der Waals surface area contributed by atoms with Gasteiger partial charge in [0.15, 0.2) is 5.78 Å². The van der Waals surface area contributed by atoms with Gasteiger partial charge in [-0.3, -0.25) is 9.59 Å². The lowest BCUT2D eigenvalue weighted by molar-refractivity contribution is -0.128. The molecular formula is C17H32INO3. The molecule has 0 saturated heterocycles. The SMILES string of the molecule is CC(C)C(=O)NCCC(C)(C)OCCC(C)(C)C(=O)C(C)I. The Bertz CT molecular complexity index is 376. The summed E-state index contributed by atoms with van der Waals surface area (Å²) in [7, 11) is 0. The maximum Gasteiger partial charge on any atom is 0.222 e. The Labute approximate surface area is 149 Å². The summed E-state index contributed by atoms with van der Waals surface area (Å²) in [5.74, 6) is 0.336. The molecule has 0 rings (SSSR count). The Morgan fingerprint density at radius 1 is 1.09 bits per heavy atom. The van der Waals surface area contributed by atoms with Crippen molar-refractivity contribution in [1.82, 2.24) is 5.32 Å². The van der Waals surface area contributed by atoms with Crippen LogP contribution in [0.2, 0.25) is 0 Å². The summed E-state index contributed by atoms with van der Waals surface area (Å²) in [6.07, 6.45) is 1.46. The van der Waals surface area contributed by atoms with Crippen molar-refractivity contribution in [1.29, 1.82) is 0 Å². The van der Waals surface area contributed by atoms with E-state index >= 15 is 0 Å². The first kappa shape index (κ1) is 21.8. The number of alkyl halides is 1. The van der Waals surface area contributed by atoms with E-state index in [2.05, 4.69) is 27.9 Å². The van der Waals surface area contributed by atoms with Crippen LogP contribution in [0.5, 0.6) is 0 Å². The predicted molar refractivity (Wildman–Crippen MR) is 99.4 cm³/mol. The highest BCUT2D eigenvalue weighted by Gasteiger charge is 2.30. The number of ketones is 1. The number of halogens is 1. The van der Waals surface area contributed by atoms with Crippen LogP contribution in [0.3, 0.4) is 0 Å². The van der Waals surface area contributed by atoms with E-state index in [-0.39, 0.29) is 32.5 Å². The second kappa shape index (κ2) is 9.21. The van der Waals surface area contributed by atoms with Gasteiger partial charge in [-0.2, -0.15) is 0 Å². The third-order valence-electron chi connectivity index (χ3n) is 3.80. The van der Waals surface area contributed by atoms with E-state index in [4.69, 9.17) is 4.74 Å². The molecule has 0 aliphatic heterocycles. The Balaban J connectivity index is 4.17. The molecule has 0 spiro atoms. The summed E-state index contributed by atoms with van der Waals surface area (Å²) in [5, 5.41) is 2.90. The summed E-state index contributed by atoms with van der Waals surface area (Å²) in [5.41, 5.74) is -0.665. The van der Waals surface area contributed by atoms with Crippen molar-refractivity contribution in [2.45, 2.75) is 70.8 Å². The topological polar surface area (TPSA) is 55.4 Å². The zero-order valence-corrected chi connectivity index (χ0v) is 17.2. The van der Waals surface area contributed by atoms with Crippen molar-refractivity contribution >= 4 is 34.3 Å². The normalized spacial score (nSPS) is 14.0. The number of ether oxygens (including phenoxy) is 1. The number of nitrogens with one attached hydrogen (secondary N) is 1. The van der Waals surface area contributed by atoms with Gasteiger partial charge >= 0.3 is 0 Å². The predicted octanol–water partition coefficient (Wildman–Crippen LogP) is 3.75. The summed E-state index contributed by atoms with van der Waals surface area (Å²) in [6.45, 7) is 14.8. The summed E-state index contributed by atoms with van der Waals surface area (Å²) < 4.78 is 5.95. The van der Waals surface area contributed by atoms with Gasteiger partial charge in [0.25, 0.3) is 0 Å². The molecule has 1 atom stereocenters. The van der Waals surface area contributed by atoms with Gasteiger partial charge < -0.3 is 10.1 Å². The van der Waals surface area contributed by atoms with Crippen molar-refractivity contribution < 1.29 is 14.3 Å². The van der Waals surface area contributed by atoms with Crippen LogP contribution < -0.4 is 5.32 Å². The molecule has 130 valence electrons. The van der Waals surface area contributed by atoms with Gasteiger partial charge in [-0.1, -0.05) is 50.3 Å². The van der Waals surface area contributed by atoms with E-state index in [1.807, 2.05) is 48.5 Å². The quantitative estimate of drug-likeness (QED) is 0.429. The second-order valence-corrected chi connectivity index (χ2v) is 9.29. The van der Waals surface area contributed by atoms with Gasteiger partial charge in [-0.25, -0.2) is 0 Å². The van der Waals surface area contributed by atoms with Crippen LogP contribution in [0.4, 0.5) is 0 Å². The number of hydrogen-bond acceptors (Lipinski definition) is 3. The zero-order valence-electron chi connectivity index (χ0n) is 15.1. The van der Waals surface area contributed by atoms with E-state index in [0.717, 1.165) is 6.42 Å². The average Bonchev–Trinajstić information content (AvgIpc) is 2.36. The number of hydrogen-bond donors (Lipinski definition) is 1. The number of rotatable bonds is 10. The monoisotopic (exact) mass is 425 g/mol. The van der Waals surface area contributed by atoms with Crippen LogP contribution in [-0.4, -0.2) is 34.4 Å². The van der Waals surface area contributed by atoms with Gasteiger partial charge in [0.05, 0.1) is 9.53 Å². The highest BCUT2D eigenvalue weighted by atomic mass is 127. The molecule has 0 saturated carbocycles. The second-order valence-electron chi connectivity index (χ2n) is 7.42. The lowest BCUT2D eigenvalue weighted by Gasteiger charge is -2.29. The highest BCUT2D eigenvalue weighted by molar-refractivity contribution is 14.1. The fraction of sp³-hybridized carbons (Fsp3) is 0.882. The molecule has 0 aromatic carbocycles. The minimum absolute atomic E-state index is 0.00566. The maximum absolute atomic E-state index is 12.1. The first-order valence-electron chi connectivity index (χ1n) is 7.99. The molecule has 0 fully saturated rings. The molecule has 5 heteroatoms.